The van der Waals surface area contributed by atoms with E-state index < -0.39 is 0 Å². The molecule has 0 spiro atoms. The lowest BCUT2D eigenvalue weighted by molar-refractivity contribution is 0.390. The van der Waals surface area contributed by atoms with Gasteiger partial charge in [0.05, 0.1) is 0 Å². The predicted molar refractivity (Wildman–Crippen MR) is 79.2 cm³/mol. The Morgan fingerprint density at radius 1 is 1.53 bits per heavy atom. The molecule has 1 aromatic rings. The van der Waals surface area contributed by atoms with E-state index in [9.17, 15) is 0 Å². The lowest BCUT2D eigenvalue weighted by atomic mass is 9.96. The van der Waals surface area contributed by atoms with E-state index in [0.29, 0.717) is 0 Å². The van der Waals surface area contributed by atoms with Gasteiger partial charge in [-0.15, -0.1) is 11.3 Å². The monoisotopic (exact) mass is 268 g/mol. The minimum absolute atomic E-state index is 0.257. The van der Waals surface area contributed by atoms with E-state index >= 15 is 0 Å². The highest BCUT2D eigenvalue weighted by Crippen LogP contribution is 2.24. The van der Waals surface area contributed by atoms with E-state index in [1.165, 1.54) is 17.1 Å². The Morgan fingerprint density at radius 2 is 2.41 bits per heavy atom. The van der Waals surface area contributed by atoms with Gasteiger partial charge in [0, 0.05) is 29.1 Å². The second kappa shape index (κ2) is 5.91. The van der Waals surface area contributed by atoms with Gasteiger partial charge in [-0.3, -0.25) is 4.99 Å². The summed E-state index contributed by atoms with van der Waals surface area (Å²) in [6, 6.07) is 4.29. The summed E-state index contributed by atoms with van der Waals surface area (Å²) in [6.45, 7) is 5.43. The molecule has 1 atom stereocenters. The normalized spacial score (nSPS) is 27.1. The smallest absolute Gasteiger partial charge is 0.156 e. The number of thiophene rings is 1. The van der Waals surface area contributed by atoms with Crippen LogP contribution in [0.25, 0.3) is 0 Å². The topological polar surface area (TPSA) is 24.4 Å². The van der Waals surface area contributed by atoms with Crippen molar-refractivity contribution in [2.45, 2.75) is 38.6 Å². The first-order valence-electron chi connectivity index (χ1n) is 6.20. The van der Waals surface area contributed by atoms with Gasteiger partial charge in [-0.2, -0.15) is 0 Å². The Morgan fingerprint density at radius 3 is 3.12 bits per heavy atom. The number of amidine groups is 1. The molecule has 0 aromatic carbocycles. The molecule has 4 heteroatoms. The number of thioether (sulfide) groups is 1. The van der Waals surface area contributed by atoms with Crippen LogP contribution in [0.5, 0.6) is 0 Å². The highest BCUT2D eigenvalue weighted by Gasteiger charge is 2.27. The third kappa shape index (κ3) is 3.75. The molecular formula is C13H20N2S2. The molecule has 1 aliphatic rings. The lowest BCUT2D eigenvalue weighted by Crippen LogP contribution is -2.48. The zero-order valence-electron chi connectivity index (χ0n) is 10.5. The van der Waals surface area contributed by atoms with Gasteiger partial charge in [-0.05, 0) is 31.2 Å². The fourth-order valence-electron chi connectivity index (χ4n) is 1.80. The fraction of sp³-hybridized carbons (Fsp3) is 0.615. The van der Waals surface area contributed by atoms with Crippen molar-refractivity contribution in [2.24, 2.45) is 4.99 Å². The van der Waals surface area contributed by atoms with E-state index in [-0.39, 0.29) is 5.54 Å². The molecule has 2 nitrogen and oxygen atoms in total. The van der Waals surface area contributed by atoms with Gasteiger partial charge in [0.2, 0.25) is 0 Å². The second-order valence-electron chi connectivity index (χ2n) is 4.65. The number of hydrogen-bond donors (Lipinski definition) is 1. The van der Waals surface area contributed by atoms with E-state index in [2.05, 4.69) is 41.7 Å². The van der Waals surface area contributed by atoms with Gasteiger partial charge >= 0.3 is 0 Å². The van der Waals surface area contributed by atoms with E-state index in [0.717, 1.165) is 24.6 Å². The average molecular weight is 268 g/mol. The SMILES string of the molecule is CCC1(C)CCSC(=NCCc2cccs2)N1. The number of nitrogens with one attached hydrogen (secondary N) is 1. The number of hydrogen-bond acceptors (Lipinski definition) is 3. The Balaban J connectivity index is 1.85. The average Bonchev–Trinajstić information content (AvgIpc) is 2.82. The molecule has 94 valence electrons. The fourth-order valence-corrected chi connectivity index (χ4v) is 3.75. The van der Waals surface area contributed by atoms with Crippen LogP contribution in [0, 0.1) is 0 Å². The molecule has 17 heavy (non-hydrogen) atoms. The molecule has 1 fully saturated rings. The summed E-state index contributed by atoms with van der Waals surface area (Å²) in [4.78, 5) is 6.10. The summed E-state index contributed by atoms with van der Waals surface area (Å²) in [5.41, 5.74) is 0.257. The Hall–Kier alpha value is -0.480. The zero-order valence-corrected chi connectivity index (χ0v) is 12.2. The minimum atomic E-state index is 0.257. The Kier molecular flexibility index (Phi) is 4.51. The van der Waals surface area contributed by atoms with Gasteiger partial charge < -0.3 is 5.32 Å². The van der Waals surface area contributed by atoms with Crippen molar-refractivity contribution in [3.8, 4) is 0 Å². The standard InChI is InChI=1S/C13H20N2S2/c1-3-13(2)7-10-17-12(15-13)14-8-6-11-5-4-9-16-11/h4-5,9H,3,6-8,10H2,1-2H3,(H,14,15). The third-order valence-electron chi connectivity index (χ3n) is 3.28. The summed E-state index contributed by atoms with van der Waals surface area (Å²) >= 11 is 3.68. The van der Waals surface area contributed by atoms with Gasteiger partial charge in [0.15, 0.2) is 5.17 Å². The largest absolute Gasteiger partial charge is 0.360 e. The molecule has 2 heterocycles. The first-order valence-corrected chi connectivity index (χ1v) is 8.06. The summed E-state index contributed by atoms with van der Waals surface area (Å²) in [5.74, 6) is 1.19. The zero-order chi connectivity index (χ0) is 12.1. The minimum Gasteiger partial charge on any atom is -0.360 e. The lowest BCUT2D eigenvalue weighted by Gasteiger charge is -2.35. The summed E-state index contributed by atoms with van der Waals surface area (Å²) in [5, 5.41) is 6.84. The van der Waals surface area contributed by atoms with Crippen LogP contribution in [0.2, 0.25) is 0 Å². The predicted octanol–water partition coefficient (Wildman–Crippen LogP) is 3.54. The molecule has 0 aliphatic carbocycles. The van der Waals surface area contributed by atoms with Crippen LogP contribution in [0.4, 0.5) is 0 Å². The molecule has 0 bridgehead atoms. The molecule has 0 saturated carbocycles. The first kappa shape index (κ1) is 13.0. The summed E-state index contributed by atoms with van der Waals surface area (Å²) in [6.07, 6.45) is 3.46. The number of aliphatic imine (C=N–C) groups is 1. The van der Waals surface area contributed by atoms with E-state index in [4.69, 9.17) is 0 Å². The molecule has 1 saturated heterocycles. The highest BCUT2D eigenvalue weighted by atomic mass is 32.2. The van der Waals surface area contributed by atoms with Crippen molar-refractivity contribution in [3.63, 3.8) is 0 Å². The number of rotatable bonds is 4. The maximum atomic E-state index is 4.68. The Bertz CT molecular complexity index is 373. The quantitative estimate of drug-likeness (QED) is 0.903. The van der Waals surface area contributed by atoms with Crippen molar-refractivity contribution < 1.29 is 0 Å². The number of nitrogens with zero attached hydrogens (tertiary/aromatic N) is 1. The third-order valence-corrected chi connectivity index (χ3v) is 5.12. The maximum Gasteiger partial charge on any atom is 0.156 e. The van der Waals surface area contributed by atoms with Crippen LogP contribution < -0.4 is 5.32 Å². The van der Waals surface area contributed by atoms with Crippen molar-refractivity contribution >= 4 is 28.3 Å². The van der Waals surface area contributed by atoms with Crippen molar-refractivity contribution in [3.05, 3.63) is 22.4 Å². The molecule has 2 rings (SSSR count). The van der Waals surface area contributed by atoms with E-state index in [1.54, 1.807) is 0 Å². The summed E-state index contributed by atoms with van der Waals surface area (Å²) < 4.78 is 0. The van der Waals surface area contributed by atoms with Crippen LogP contribution in [0.15, 0.2) is 22.5 Å². The van der Waals surface area contributed by atoms with Crippen LogP contribution >= 0.6 is 23.1 Å². The van der Waals surface area contributed by atoms with Crippen LogP contribution in [-0.2, 0) is 6.42 Å². The van der Waals surface area contributed by atoms with Gasteiger partial charge in [0.1, 0.15) is 0 Å². The molecular weight excluding hydrogens is 248 g/mol. The van der Waals surface area contributed by atoms with Crippen molar-refractivity contribution in [1.82, 2.24) is 5.32 Å². The van der Waals surface area contributed by atoms with Crippen molar-refractivity contribution in [2.75, 3.05) is 12.3 Å². The summed E-state index contributed by atoms with van der Waals surface area (Å²) in [7, 11) is 0. The molecule has 0 radical (unpaired) electrons. The Labute approximate surface area is 112 Å². The highest BCUT2D eigenvalue weighted by molar-refractivity contribution is 8.13. The van der Waals surface area contributed by atoms with Crippen LogP contribution in [0.1, 0.15) is 31.6 Å². The second-order valence-corrected chi connectivity index (χ2v) is 6.77. The molecule has 1 aliphatic heterocycles. The van der Waals surface area contributed by atoms with Crippen LogP contribution in [0.3, 0.4) is 0 Å². The van der Waals surface area contributed by atoms with Gasteiger partial charge in [0.25, 0.3) is 0 Å². The van der Waals surface area contributed by atoms with E-state index in [1.807, 2.05) is 23.1 Å². The maximum absolute atomic E-state index is 4.68. The van der Waals surface area contributed by atoms with Gasteiger partial charge in [-0.1, -0.05) is 24.8 Å². The molecule has 1 unspecified atom stereocenters. The van der Waals surface area contributed by atoms with Crippen molar-refractivity contribution in [1.29, 1.82) is 0 Å². The molecule has 1 N–H and O–H groups in total. The van der Waals surface area contributed by atoms with Gasteiger partial charge in [-0.25, -0.2) is 0 Å². The molecule has 1 aromatic heterocycles. The molecule has 0 amide bonds. The van der Waals surface area contributed by atoms with Crippen LogP contribution in [-0.4, -0.2) is 23.0 Å². The first-order chi connectivity index (χ1) is 8.22.